The van der Waals surface area contributed by atoms with Gasteiger partial charge in [-0.1, -0.05) is 6.92 Å². The van der Waals surface area contributed by atoms with Crippen LogP contribution in [0.4, 0.5) is 26.3 Å². The summed E-state index contributed by atoms with van der Waals surface area (Å²) in [5.74, 6) is 0. The van der Waals surface area contributed by atoms with Gasteiger partial charge in [0.15, 0.2) is 0 Å². The molecule has 0 aliphatic carbocycles. The van der Waals surface area contributed by atoms with E-state index < -0.39 is 30.0 Å². The second kappa shape index (κ2) is 5.53. The maximum atomic E-state index is 13.3. The zero-order chi connectivity index (χ0) is 18.6. The van der Waals surface area contributed by atoms with Crippen molar-refractivity contribution in [3.63, 3.8) is 0 Å². The number of alkyl halides is 6. The number of aryl methyl sites for hydroxylation is 1. The van der Waals surface area contributed by atoms with Crippen LogP contribution < -0.4 is 5.56 Å². The van der Waals surface area contributed by atoms with E-state index in [-0.39, 0.29) is 33.9 Å². The average Bonchev–Trinajstić information content (AvgIpc) is 2.81. The molecule has 0 spiro atoms. The van der Waals surface area contributed by atoms with Gasteiger partial charge in [-0.2, -0.15) is 26.3 Å². The van der Waals surface area contributed by atoms with Gasteiger partial charge in [0, 0.05) is 33.6 Å². The van der Waals surface area contributed by atoms with Gasteiger partial charge in [0.2, 0.25) is 5.56 Å². The first kappa shape index (κ1) is 17.4. The lowest BCUT2D eigenvalue weighted by Gasteiger charge is -2.14. The Bertz CT molecular complexity index is 1010. The molecular weight excluding hydrogens is 350 g/mol. The monoisotopic (exact) mass is 362 g/mol. The maximum absolute atomic E-state index is 13.3. The Morgan fingerprint density at radius 3 is 2.32 bits per heavy atom. The van der Waals surface area contributed by atoms with Crippen molar-refractivity contribution in [3.05, 3.63) is 45.9 Å². The summed E-state index contributed by atoms with van der Waals surface area (Å²) in [4.78, 5) is 13.8. The Kier molecular flexibility index (Phi) is 3.85. The molecule has 0 saturated carbocycles. The van der Waals surface area contributed by atoms with Crippen molar-refractivity contribution in [2.24, 2.45) is 0 Å². The third-order valence-electron chi connectivity index (χ3n) is 3.98. The largest absolute Gasteiger partial charge is 0.417 e. The number of halogens is 6. The van der Waals surface area contributed by atoms with Crippen LogP contribution in [-0.4, -0.2) is 15.7 Å². The standard InChI is InChI=1S/C16H12F6N2O/c1-2-8-5-9-12(24(8)7-15(17,18)19)4-3-11-14(9)10(16(20,21)22)6-13(25)23-11/h3-6H,2,7H2,1H3,(H,23,25). The van der Waals surface area contributed by atoms with E-state index in [0.717, 1.165) is 4.57 Å². The maximum Gasteiger partial charge on any atom is 0.417 e. The first-order valence-corrected chi connectivity index (χ1v) is 7.33. The van der Waals surface area contributed by atoms with Crippen molar-refractivity contribution >= 4 is 21.8 Å². The lowest BCUT2D eigenvalue weighted by Crippen LogP contribution is -2.19. The number of aromatic amines is 1. The van der Waals surface area contributed by atoms with E-state index in [9.17, 15) is 31.1 Å². The van der Waals surface area contributed by atoms with Gasteiger partial charge < -0.3 is 9.55 Å². The van der Waals surface area contributed by atoms with Crippen molar-refractivity contribution < 1.29 is 26.3 Å². The Balaban J connectivity index is 2.45. The van der Waals surface area contributed by atoms with Crippen LogP contribution in [0, 0.1) is 0 Å². The zero-order valence-electron chi connectivity index (χ0n) is 12.8. The smallest absolute Gasteiger partial charge is 0.335 e. The lowest BCUT2D eigenvalue weighted by atomic mass is 10.0. The second-order valence-electron chi connectivity index (χ2n) is 5.66. The molecule has 3 rings (SSSR count). The molecule has 0 unspecified atom stereocenters. The summed E-state index contributed by atoms with van der Waals surface area (Å²) in [5, 5.41) is -0.276. The van der Waals surface area contributed by atoms with E-state index in [4.69, 9.17) is 0 Å². The molecule has 1 N–H and O–H groups in total. The van der Waals surface area contributed by atoms with E-state index in [0.29, 0.717) is 6.07 Å². The summed E-state index contributed by atoms with van der Waals surface area (Å²) in [7, 11) is 0. The highest BCUT2D eigenvalue weighted by molar-refractivity contribution is 6.07. The van der Waals surface area contributed by atoms with Gasteiger partial charge >= 0.3 is 12.4 Å². The van der Waals surface area contributed by atoms with E-state index in [1.165, 1.54) is 18.2 Å². The van der Waals surface area contributed by atoms with E-state index in [2.05, 4.69) is 4.98 Å². The minimum absolute atomic E-state index is 0.0298. The number of H-pyrrole nitrogens is 1. The van der Waals surface area contributed by atoms with Crippen LogP contribution in [0.1, 0.15) is 18.2 Å². The highest BCUT2D eigenvalue weighted by Crippen LogP contribution is 2.38. The van der Waals surface area contributed by atoms with Crippen LogP contribution in [0.3, 0.4) is 0 Å². The third-order valence-corrected chi connectivity index (χ3v) is 3.98. The molecule has 2 aromatic heterocycles. The Labute approximate surface area is 136 Å². The topological polar surface area (TPSA) is 37.8 Å². The Morgan fingerprint density at radius 2 is 1.76 bits per heavy atom. The fourth-order valence-corrected chi connectivity index (χ4v) is 3.04. The van der Waals surface area contributed by atoms with Gasteiger partial charge in [-0.25, -0.2) is 0 Å². The lowest BCUT2D eigenvalue weighted by molar-refractivity contribution is -0.140. The van der Waals surface area contributed by atoms with Crippen molar-refractivity contribution in [1.82, 2.24) is 9.55 Å². The summed E-state index contributed by atoms with van der Waals surface area (Å²) in [6.45, 7) is 0.325. The molecule has 134 valence electrons. The molecule has 9 heteroatoms. The Morgan fingerprint density at radius 1 is 1.08 bits per heavy atom. The van der Waals surface area contributed by atoms with Crippen LogP contribution in [0.5, 0.6) is 0 Å². The molecule has 0 bridgehead atoms. The fourth-order valence-electron chi connectivity index (χ4n) is 3.04. The number of nitrogens with one attached hydrogen (secondary N) is 1. The summed E-state index contributed by atoms with van der Waals surface area (Å²) in [6, 6.07) is 4.23. The van der Waals surface area contributed by atoms with E-state index in [1.54, 1.807) is 6.92 Å². The van der Waals surface area contributed by atoms with Crippen LogP contribution >= 0.6 is 0 Å². The summed E-state index contributed by atoms with van der Waals surface area (Å²) < 4.78 is 79.5. The van der Waals surface area contributed by atoms with Gasteiger partial charge in [0.05, 0.1) is 5.56 Å². The number of rotatable bonds is 2. The van der Waals surface area contributed by atoms with E-state index in [1.807, 2.05) is 0 Å². The van der Waals surface area contributed by atoms with Crippen molar-refractivity contribution in [2.75, 3.05) is 0 Å². The number of pyridine rings is 1. The van der Waals surface area contributed by atoms with Gasteiger partial charge in [-0.3, -0.25) is 4.79 Å². The number of fused-ring (bicyclic) bond motifs is 3. The predicted octanol–water partition coefficient (Wildman–Crippen LogP) is 4.63. The normalized spacial score (nSPS) is 13.1. The van der Waals surface area contributed by atoms with Crippen molar-refractivity contribution in [1.29, 1.82) is 0 Å². The predicted molar refractivity (Wildman–Crippen MR) is 80.5 cm³/mol. The zero-order valence-corrected chi connectivity index (χ0v) is 12.8. The number of nitrogens with zero attached hydrogens (tertiary/aromatic N) is 1. The quantitative estimate of drug-likeness (QED) is 0.664. The Hall–Kier alpha value is -2.45. The molecule has 1 aromatic carbocycles. The number of aromatic nitrogens is 2. The molecule has 2 heterocycles. The van der Waals surface area contributed by atoms with Gasteiger partial charge in [-0.05, 0) is 24.6 Å². The molecule has 0 fully saturated rings. The van der Waals surface area contributed by atoms with Crippen LogP contribution in [0.25, 0.3) is 21.8 Å². The fraction of sp³-hybridized carbons (Fsp3) is 0.312. The number of hydrogen-bond acceptors (Lipinski definition) is 1. The van der Waals surface area contributed by atoms with Gasteiger partial charge in [0.25, 0.3) is 0 Å². The number of benzene rings is 1. The molecule has 0 saturated heterocycles. The van der Waals surface area contributed by atoms with Crippen molar-refractivity contribution in [2.45, 2.75) is 32.2 Å². The minimum atomic E-state index is -4.81. The summed E-state index contributed by atoms with van der Waals surface area (Å²) >= 11 is 0. The molecular formula is C16H12F6N2O. The summed E-state index contributed by atoms with van der Waals surface area (Å²) in [5.41, 5.74) is -1.86. The molecule has 0 aliphatic heterocycles. The highest BCUT2D eigenvalue weighted by atomic mass is 19.4. The van der Waals surface area contributed by atoms with Gasteiger partial charge in [0.1, 0.15) is 6.54 Å². The molecule has 0 aliphatic rings. The molecule has 0 atom stereocenters. The molecule has 3 aromatic rings. The second-order valence-corrected chi connectivity index (χ2v) is 5.66. The van der Waals surface area contributed by atoms with Crippen LogP contribution in [0.2, 0.25) is 0 Å². The van der Waals surface area contributed by atoms with Crippen LogP contribution in [-0.2, 0) is 19.1 Å². The molecule has 3 nitrogen and oxygen atoms in total. The van der Waals surface area contributed by atoms with E-state index >= 15 is 0 Å². The highest BCUT2D eigenvalue weighted by Gasteiger charge is 2.35. The van der Waals surface area contributed by atoms with Crippen molar-refractivity contribution in [3.8, 4) is 0 Å². The third kappa shape index (κ3) is 3.10. The minimum Gasteiger partial charge on any atom is -0.335 e. The molecule has 0 amide bonds. The average molecular weight is 362 g/mol. The number of hydrogen-bond donors (Lipinski definition) is 1. The molecule has 0 radical (unpaired) electrons. The SMILES string of the molecule is CCc1cc2c3c(C(F)(F)F)cc(=O)[nH]c3ccc2n1CC(F)(F)F. The van der Waals surface area contributed by atoms with Gasteiger partial charge in [-0.15, -0.1) is 0 Å². The first-order chi connectivity index (χ1) is 11.5. The first-order valence-electron chi connectivity index (χ1n) is 7.33. The molecule has 25 heavy (non-hydrogen) atoms. The summed E-state index contributed by atoms with van der Waals surface area (Å²) in [6.07, 6.45) is -9.10. The van der Waals surface area contributed by atoms with Crippen LogP contribution in [0.15, 0.2) is 29.1 Å².